The van der Waals surface area contributed by atoms with Crippen LogP contribution < -0.4 is 9.47 Å². The lowest BCUT2D eigenvalue weighted by atomic mass is 10.0. The molecule has 1 saturated heterocycles. The van der Waals surface area contributed by atoms with Gasteiger partial charge in [0.15, 0.2) is 6.61 Å². The first-order valence-electron chi connectivity index (χ1n) is 12.8. The zero-order valence-corrected chi connectivity index (χ0v) is 21.8. The first kappa shape index (κ1) is 25.2. The second-order valence-electron chi connectivity index (χ2n) is 9.27. The molecule has 0 atom stereocenters. The Morgan fingerprint density at radius 3 is 2.43 bits per heavy atom. The average molecular weight is 518 g/mol. The van der Waals surface area contributed by atoms with E-state index in [2.05, 4.69) is 53.2 Å². The summed E-state index contributed by atoms with van der Waals surface area (Å²) in [6.07, 6.45) is 0.961. The predicted molar refractivity (Wildman–Crippen MR) is 148 cm³/mol. The van der Waals surface area contributed by atoms with E-state index in [0.29, 0.717) is 30.5 Å². The standard InChI is InChI=1S/C30H32ClN3O3/c1-2-19-36-28-10-6-4-8-25(28)30-24-7-3-5-9-26(24)32-27(30)20-33-15-17-34(18-16-33)29(35)21-37-23-13-11-22(31)12-14-23/h3-14,32H,2,15-21H2,1H3. The summed E-state index contributed by atoms with van der Waals surface area (Å²) in [7, 11) is 0. The van der Waals surface area contributed by atoms with Gasteiger partial charge < -0.3 is 19.4 Å². The molecule has 0 saturated carbocycles. The molecule has 5 rings (SSSR count). The lowest BCUT2D eigenvalue weighted by molar-refractivity contribution is -0.135. The highest BCUT2D eigenvalue weighted by Gasteiger charge is 2.24. The maximum absolute atomic E-state index is 12.7. The van der Waals surface area contributed by atoms with Crippen molar-refractivity contribution in [1.82, 2.24) is 14.8 Å². The van der Waals surface area contributed by atoms with Gasteiger partial charge in [0.05, 0.1) is 6.61 Å². The van der Waals surface area contributed by atoms with Gasteiger partial charge in [-0.3, -0.25) is 9.69 Å². The molecular formula is C30H32ClN3O3. The van der Waals surface area contributed by atoms with E-state index >= 15 is 0 Å². The van der Waals surface area contributed by atoms with Crippen LogP contribution >= 0.6 is 11.6 Å². The van der Waals surface area contributed by atoms with Crippen LogP contribution in [0.2, 0.25) is 5.02 Å². The molecule has 7 heteroatoms. The summed E-state index contributed by atoms with van der Waals surface area (Å²) < 4.78 is 11.8. The van der Waals surface area contributed by atoms with Gasteiger partial charge in [0.1, 0.15) is 11.5 Å². The number of carbonyl (C=O) groups is 1. The quantitative estimate of drug-likeness (QED) is 0.296. The third-order valence-corrected chi connectivity index (χ3v) is 6.94. The highest BCUT2D eigenvalue weighted by molar-refractivity contribution is 6.30. The van der Waals surface area contributed by atoms with Crippen LogP contribution in [-0.2, 0) is 11.3 Å². The van der Waals surface area contributed by atoms with Crippen LogP contribution in [0.1, 0.15) is 19.0 Å². The minimum atomic E-state index is 0.00269. The number of aromatic amines is 1. The number of hydrogen-bond acceptors (Lipinski definition) is 4. The van der Waals surface area contributed by atoms with Crippen molar-refractivity contribution in [3.05, 3.63) is 83.5 Å². The SMILES string of the molecule is CCCOc1ccccc1-c1c(CN2CCN(C(=O)COc3ccc(Cl)cc3)CC2)[nH]c2ccccc12. The van der Waals surface area contributed by atoms with E-state index in [0.717, 1.165) is 42.9 Å². The lowest BCUT2D eigenvalue weighted by Gasteiger charge is -2.34. The first-order chi connectivity index (χ1) is 18.1. The third kappa shape index (κ3) is 5.92. The smallest absolute Gasteiger partial charge is 0.260 e. The van der Waals surface area contributed by atoms with E-state index in [1.807, 2.05) is 17.0 Å². The monoisotopic (exact) mass is 517 g/mol. The van der Waals surface area contributed by atoms with Crippen molar-refractivity contribution in [1.29, 1.82) is 0 Å². The number of halogens is 1. The highest BCUT2D eigenvalue weighted by Crippen LogP contribution is 2.38. The fourth-order valence-corrected chi connectivity index (χ4v) is 4.91. The van der Waals surface area contributed by atoms with Gasteiger partial charge in [0, 0.05) is 65.5 Å². The number of aromatic nitrogens is 1. The Hall–Kier alpha value is -3.48. The van der Waals surface area contributed by atoms with E-state index in [4.69, 9.17) is 21.1 Å². The molecule has 0 spiro atoms. The molecule has 37 heavy (non-hydrogen) atoms. The molecule has 1 aromatic heterocycles. The molecule has 3 aromatic carbocycles. The summed E-state index contributed by atoms with van der Waals surface area (Å²) in [5.41, 5.74) is 4.58. The van der Waals surface area contributed by atoms with Crippen molar-refractivity contribution in [3.63, 3.8) is 0 Å². The molecule has 1 aliphatic rings. The van der Waals surface area contributed by atoms with E-state index in [1.54, 1.807) is 24.3 Å². The number of rotatable bonds is 9. The Morgan fingerprint density at radius 2 is 1.65 bits per heavy atom. The van der Waals surface area contributed by atoms with Gasteiger partial charge in [0.25, 0.3) is 5.91 Å². The van der Waals surface area contributed by atoms with E-state index in [-0.39, 0.29) is 12.5 Å². The van der Waals surface area contributed by atoms with Crippen LogP contribution in [0.4, 0.5) is 0 Å². The second-order valence-corrected chi connectivity index (χ2v) is 9.70. The van der Waals surface area contributed by atoms with Gasteiger partial charge >= 0.3 is 0 Å². The summed E-state index contributed by atoms with van der Waals surface area (Å²) in [5, 5.41) is 1.84. The Balaban J connectivity index is 1.27. The molecule has 1 fully saturated rings. The minimum Gasteiger partial charge on any atom is -0.493 e. The van der Waals surface area contributed by atoms with Crippen LogP contribution in [0, 0.1) is 0 Å². The van der Waals surface area contributed by atoms with Gasteiger partial charge in [0.2, 0.25) is 0 Å². The van der Waals surface area contributed by atoms with Crippen molar-refractivity contribution >= 4 is 28.4 Å². The van der Waals surface area contributed by atoms with Crippen LogP contribution in [-0.4, -0.2) is 60.1 Å². The van der Waals surface area contributed by atoms with Gasteiger partial charge in [-0.15, -0.1) is 0 Å². The molecule has 6 nitrogen and oxygen atoms in total. The summed E-state index contributed by atoms with van der Waals surface area (Å²) in [5.74, 6) is 1.56. The van der Waals surface area contributed by atoms with Crippen LogP contribution in [0.15, 0.2) is 72.8 Å². The van der Waals surface area contributed by atoms with Crippen LogP contribution in [0.25, 0.3) is 22.0 Å². The number of nitrogens with zero attached hydrogens (tertiary/aromatic N) is 2. The van der Waals surface area contributed by atoms with Crippen LogP contribution in [0.5, 0.6) is 11.5 Å². The minimum absolute atomic E-state index is 0.00269. The summed E-state index contributed by atoms with van der Waals surface area (Å²) in [6, 6.07) is 23.8. The number of amides is 1. The summed E-state index contributed by atoms with van der Waals surface area (Å²) in [6.45, 7) is 6.56. The lowest BCUT2D eigenvalue weighted by Crippen LogP contribution is -2.49. The van der Waals surface area contributed by atoms with Crippen LogP contribution in [0.3, 0.4) is 0 Å². The molecule has 1 aliphatic heterocycles. The first-order valence-corrected chi connectivity index (χ1v) is 13.2. The molecule has 0 radical (unpaired) electrons. The van der Waals surface area contributed by atoms with Crippen molar-refractivity contribution in [2.75, 3.05) is 39.4 Å². The van der Waals surface area contributed by atoms with Crippen molar-refractivity contribution in [2.45, 2.75) is 19.9 Å². The maximum Gasteiger partial charge on any atom is 0.260 e. The number of benzene rings is 3. The topological polar surface area (TPSA) is 57.8 Å². The van der Waals surface area contributed by atoms with Gasteiger partial charge in [-0.25, -0.2) is 0 Å². The van der Waals surface area contributed by atoms with E-state index in [1.165, 1.54) is 16.6 Å². The molecule has 2 heterocycles. The largest absolute Gasteiger partial charge is 0.493 e. The molecule has 192 valence electrons. The molecule has 1 amide bonds. The van der Waals surface area contributed by atoms with Crippen molar-refractivity contribution in [2.24, 2.45) is 0 Å². The molecule has 0 unspecified atom stereocenters. The van der Waals surface area contributed by atoms with E-state index in [9.17, 15) is 4.79 Å². The fourth-order valence-electron chi connectivity index (χ4n) is 4.78. The molecule has 0 bridgehead atoms. The van der Waals surface area contributed by atoms with Gasteiger partial charge in [-0.05, 0) is 42.8 Å². The number of ether oxygens (including phenoxy) is 2. The molecule has 0 aliphatic carbocycles. The Labute approximate surface area is 222 Å². The number of carbonyl (C=O) groups excluding carboxylic acids is 1. The number of fused-ring (bicyclic) bond motifs is 1. The number of para-hydroxylation sites is 2. The predicted octanol–water partition coefficient (Wildman–Crippen LogP) is 6.00. The van der Waals surface area contributed by atoms with Gasteiger partial charge in [-0.1, -0.05) is 54.9 Å². The Bertz CT molecular complexity index is 1340. The van der Waals surface area contributed by atoms with Gasteiger partial charge in [-0.2, -0.15) is 0 Å². The zero-order chi connectivity index (χ0) is 25.6. The normalized spacial score (nSPS) is 14.2. The number of H-pyrrole nitrogens is 1. The molecule has 1 N–H and O–H groups in total. The summed E-state index contributed by atoms with van der Waals surface area (Å²) in [4.78, 5) is 20.7. The van der Waals surface area contributed by atoms with E-state index < -0.39 is 0 Å². The molecular weight excluding hydrogens is 486 g/mol. The third-order valence-electron chi connectivity index (χ3n) is 6.68. The molecule has 4 aromatic rings. The Kier molecular flexibility index (Phi) is 7.97. The maximum atomic E-state index is 12.7. The number of piperazine rings is 1. The number of nitrogens with one attached hydrogen (secondary N) is 1. The Morgan fingerprint density at radius 1 is 0.919 bits per heavy atom. The number of hydrogen-bond donors (Lipinski definition) is 1. The average Bonchev–Trinajstić information content (AvgIpc) is 3.29. The van der Waals surface area contributed by atoms with Crippen molar-refractivity contribution < 1.29 is 14.3 Å². The second kappa shape index (κ2) is 11.7. The fraction of sp³-hybridized carbons (Fsp3) is 0.300. The highest BCUT2D eigenvalue weighted by atomic mass is 35.5. The summed E-state index contributed by atoms with van der Waals surface area (Å²) >= 11 is 5.92. The zero-order valence-electron chi connectivity index (χ0n) is 21.1. The van der Waals surface area contributed by atoms with Crippen molar-refractivity contribution in [3.8, 4) is 22.6 Å².